The van der Waals surface area contributed by atoms with Gasteiger partial charge in [-0.1, -0.05) is 60.8 Å². The lowest BCUT2D eigenvalue weighted by molar-refractivity contribution is 0.228. The normalized spacial score (nSPS) is 16.4. The first-order valence-corrected chi connectivity index (χ1v) is 6.91. The van der Waals surface area contributed by atoms with Crippen LogP contribution in [0.25, 0.3) is 0 Å². The molecule has 0 N–H and O–H groups in total. The Bertz CT molecular complexity index is 146. The summed E-state index contributed by atoms with van der Waals surface area (Å²) in [5.74, 6) is 1.80. The molecule has 0 aliphatic carbocycles. The van der Waals surface area contributed by atoms with Gasteiger partial charge in [-0.3, -0.25) is 0 Å². The monoisotopic (exact) mass is 212 g/mol. The Morgan fingerprint density at radius 1 is 1.00 bits per heavy atom. The van der Waals surface area contributed by atoms with Gasteiger partial charge >= 0.3 is 0 Å². The smallest absolute Gasteiger partial charge is 0.0352 e. The minimum atomic E-state index is 0.558. The number of rotatable bonds is 8. The predicted octanol–water partition coefficient (Wildman–Crippen LogP) is 5.67. The van der Waals surface area contributed by atoms with Gasteiger partial charge < -0.3 is 0 Å². The Labute approximate surface area is 97.8 Å². The van der Waals surface area contributed by atoms with E-state index < -0.39 is 0 Å². The predicted molar refractivity (Wildman–Crippen MR) is 71.2 cm³/mol. The maximum atomic E-state index is 2.44. The molecule has 0 amide bonds. The fraction of sp³-hybridized carbons (Fsp3) is 1.00. The Balaban J connectivity index is 3.86. The quantitative estimate of drug-likeness (QED) is 0.486. The van der Waals surface area contributed by atoms with Crippen molar-refractivity contribution in [3.8, 4) is 0 Å². The highest BCUT2D eigenvalue weighted by Crippen LogP contribution is 2.33. The summed E-state index contributed by atoms with van der Waals surface area (Å²) in [6.45, 7) is 14.3. The maximum absolute atomic E-state index is 2.44. The molecule has 0 heteroatoms. The first-order chi connectivity index (χ1) is 6.91. The van der Waals surface area contributed by atoms with Crippen molar-refractivity contribution >= 4 is 0 Å². The first kappa shape index (κ1) is 15.0. The van der Waals surface area contributed by atoms with E-state index in [2.05, 4.69) is 41.5 Å². The zero-order valence-corrected chi connectivity index (χ0v) is 11.9. The van der Waals surface area contributed by atoms with Gasteiger partial charge in [0.1, 0.15) is 0 Å². The maximum Gasteiger partial charge on any atom is -0.0352 e. The zero-order valence-electron chi connectivity index (χ0n) is 11.9. The molecule has 0 aromatic rings. The van der Waals surface area contributed by atoms with Gasteiger partial charge in [0.25, 0.3) is 0 Å². The lowest BCUT2D eigenvalue weighted by atomic mass is 9.77. The van der Waals surface area contributed by atoms with Crippen molar-refractivity contribution in [3.05, 3.63) is 0 Å². The second-order valence-electron chi connectivity index (χ2n) is 6.33. The highest BCUT2D eigenvalue weighted by atomic mass is 14.3. The first-order valence-electron chi connectivity index (χ1n) is 6.91. The van der Waals surface area contributed by atoms with Gasteiger partial charge in [-0.2, -0.15) is 0 Å². The summed E-state index contributed by atoms with van der Waals surface area (Å²) >= 11 is 0. The van der Waals surface area contributed by atoms with Gasteiger partial charge in [-0.05, 0) is 36.5 Å². The van der Waals surface area contributed by atoms with Crippen molar-refractivity contribution < 1.29 is 0 Å². The molecule has 0 rings (SSSR count). The molecule has 15 heavy (non-hydrogen) atoms. The fourth-order valence-corrected chi connectivity index (χ4v) is 2.64. The van der Waals surface area contributed by atoms with E-state index in [1.54, 1.807) is 0 Å². The largest absolute Gasteiger partial charge is 0.0654 e. The minimum Gasteiger partial charge on any atom is -0.0654 e. The van der Waals surface area contributed by atoms with Gasteiger partial charge in [-0.15, -0.1) is 0 Å². The molecule has 0 spiro atoms. The molecule has 0 aliphatic heterocycles. The molecule has 92 valence electrons. The zero-order chi connectivity index (χ0) is 11.9. The SMILES string of the molecule is CCCCC(C)(C)CC(C)CC(C)CC. The molecule has 0 saturated heterocycles. The van der Waals surface area contributed by atoms with E-state index in [1.807, 2.05) is 0 Å². The van der Waals surface area contributed by atoms with Crippen molar-refractivity contribution in [2.75, 3.05) is 0 Å². The highest BCUT2D eigenvalue weighted by molar-refractivity contribution is 4.72. The average molecular weight is 212 g/mol. The summed E-state index contributed by atoms with van der Waals surface area (Å²) in [4.78, 5) is 0. The number of hydrogen-bond acceptors (Lipinski definition) is 0. The van der Waals surface area contributed by atoms with Gasteiger partial charge in [0.2, 0.25) is 0 Å². The summed E-state index contributed by atoms with van der Waals surface area (Å²) in [7, 11) is 0. The van der Waals surface area contributed by atoms with Crippen LogP contribution in [-0.2, 0) is 0 Å². The molecule has 0 aliphatic rings. The standard InChI is InChI=1S/C15H32/c1-7-9-10-15(5,6)12-14(4)11-13(3)8-2/h13-14H,7-12H2,1-6H3. The van der Waals surface area contributed by atoms with Crippen LogP contribution in [0.1, 0.15) is 80.1 Å². The minimum absolute atomic E-state index is 0.558. The molecular formula is C15H32. The highest BCUT2D eigenvalue weighted by Gasteiger charge is 2.21. The third-order valence-electron chi connectivity index (χ3n) is 3.61. The van der Waals surface area contributed by atoms with Gasteiger partial charge in [-0.25, -0.2) is 0 Å². The van der Waals surface area contributed by atoms with Crippen molar-refractivity contribution in [2.45, 2.75) is 80.1 Å². The molecular weight excluding hydrogens is 180 g/mol. The van der Waals surface area contributed by atoms with E-state index in [0.29, 0.717) is 5.41 Å². The summed E-state index contributed by atoms with van der Waals surface area (Å²) in [6, 6.07) is 0. The van der Waals surface area contributed by atoms with Crippen LogP contribution in [0.15, 0.2) is 0 Å². The fourth-order valence-electron chi connectivity index (χ4n) is 2.64. The molecule has 0 heterocycles. The lowest BCUT2D eigenvalue weighted by Crippen LogP contribution is -2.17. The van der Waals surface area contributed by atoms with E-state index in [-0.39, 0.29) is 0 Å². The molecule has 0 radical (unpaired) electrons. The van der Waals surface area contributed by atoms with Gasteiger partial charge in [0.15, 0.2) is 0 Å². The van der Waals surface area contributed by atoms with E-state index in [9.17, 15) is 0 Å². The Kier molecular flexibility index (Phi) is 7.30. The molecule has 0 aromatic carbocycles. The molecule has 0 fully saturated rings. The van der Waals surface area contributed by atoms with Crippen LogP contribution < -0.4 is 0 Å². The second kappa shape index (κ2) is 7.30. The molecule has 2 unspecified atom stereocenters. The van der Waals surface area contributed by atoms with E-state index in [0.717, 1.165) is 11.8 Å². The summed E-state index contributed by atoms with van der Waals surface area (Å²) in [5, 5.41) is 0. The van der Waals surface area contributed by atoms with Crippen LogP contribution in [0, 0.1) is 17.3 Å². The van der Waals surface area contributed by atoms with E-state index >= 15 is 0 Å². The number of hydrogen-bond donors (Lipinski definition) is 0. The van der Waals surface area contributed by atoms with Gasteiger partial charge in [0, 0.05) is 0 Å². The Morgan fingerprint density at radius 2 is 1.60 bits per heavy atom. The van der Waals surface area contributed by atoms with Crippen molar-refractivity contribution in [3.63, 3.8) is 0 Å². The Hall–Kier alpha value is 0. The third-order valence-corrected chi connectivity index (χ3v) is 3.61. The molecule has 0 bridgehead atoms. The number of unbranched alkanes of at least 4 members (excludes halogenated alkanes) is 1. The third kappa shape index (κ3) is 7.88. The lowest BCUT2D eigenvalue weighted by Gasteiger charge is -2.29. The van der Waals surface area contributed by atoms with E-state index in [1.165, 1.54) is 38.5 Å². The van der Waals surface area contributed by atoms with Gasteiger partial charge in [0.05, 0.1) is 0 Å². The molecule has 0 aromatic heterocycles. The van der Waals surface area contributed by atoms with Crippen LogP contribution in [0.3, 0.4) is 0 Å². The molecule has 2 atom stereocenters. The van der Waals surface area contributed by atoms with Crippen molar-refractivity contribution in [1.82, 2.24) is 0 Å². The average Bonchev–Trinajstić information content (AvgIpc) is 2.13. The Morgan fingerprint density at radius 3 is 2.07 bits per heavy atom. The van der Waals surface area contributed by atoms with Crippen molar-refractivity contribution in [2.24, 2.45) is 17.3 Å². The molecule has 0 nitrogen and oxygen atoms in total. The van der Waals surface area contributed by atoms with E-state index in [4.69, 9.17) is 0 Å². The van der Waals surface area contributed by atoms with Crippen LogP contribution in [-0.4, -0.2) is 0 Å². The van der Waals surface area contributed by atoms with Crippen LogP contribution in [0.2, 0.25) is 0 Å². The van der Waals surface area contributed by atoms with Crippen LogP contribution in [0.4, 0.5) is 0 Å². The van der Waals surface area contributed by atoms with Crippen molar-refractivity contribution in [1.29, 1.82) is 0 Å². The summed E-state index contributed by atoms with van der Waals surface area (Å²) in [5.41, 5.74) is 0.558. The topological polar surface area (TPSA) is 0 Å². The molecule has 0 saturated carbocycles. The summed E-state index contributed by atoms with van der Waals surface area (Å²) in [6.07, 6.45) is 8.27. The summed E-state index contributed by atoms with van der Waals surface area (Å²) < 4.78 is 0. The van der Waals surface area contributed by atoms with Crippen LogP contribution >= 0.6 is 0 Å². The second-order valence-corrected chi connectivity index (χ2v) is 6.33. The van der Waals surface area contributed by atoms with Crippen LogP contribution in [0.5, 0.6) is 0 Å².